The molecule has 11 heteroatoms. The van der Waals surface area contributed by atoms with Crippen molar-refractivity contribution in [1.29, 1.82) is 0 Å². The zero-order valence-electron chi connectivity index (χ0n) is 14.9. The second-order valence-corrected chi connectivity index (χ2v) is 8.33. The fourth-order valence-corrected chi connectivity index (χ4v) is 4.42. The topological polar surface area (TPSA) is 138 Å². The van der Waals surface area contributed by atoms with E-state index in [-0.39, 0.29) is 27.5 Å². The van der Waals surface area contributed by atoms with E-state index in [2.05, 4.69) is 15.3 Å². The molecule has 0 unspecified atom stereocenters. The zero-order valence-corrected chi connectivity index (χ0v) is 16.6. The lowest BCUT2D eigenvalue weighted by Crippen LogP contribution is -2.30. The summed E-state index contributed by atoms with van der Waals surface area (Å²) in [5.74, 6) is -0.248. The summed E-state index contributed by atoms with van der Waals surface area (Å²) < 4.78 is 26.2. The van der Waals surface area contributed by atoms with E-state index in [0.717, 1.165) is 17.8 Å². The number of anilines is 2. The largest absolute Gasteiger partial charge is 0.383 e. The van der Waals surface area contributed by atoms with Crippen molar-refractivity contribution >= 4 is 39.2 Å². The molecule has 0 aliphatic carbocycles. The molecule has 0 aliphatic rings. The molecule has 0 spiro atoms. The third-order valence-electron chi connectivity index (χ3n) is 3.56. The van der Waals surface area contributed by atoms with Crippen molar-refractivity contribution in [2.24, 2.45) is 0 Å². The van der Waals surface area contributed by atoms with Gasteiger partial charge in [-0.05, 0) is 24.3 Å². The third kappa shape index (κ3) is 5.55. The Bertz CT molecular complexity index is 954. The van der Waals surface area contributed by atoms with Crippen molar-refractivity contribution in [3.05, 3.63) is 40.7 Å². The van der Waals surface area contributed by atoms with E-state index in [0.29, 0.717) is 18.8 Å². The van der Waals surface area contributed by atoms with E-state index < -0.39 is 15.6 Å². The number of H-pyrrole nitrogens is 1. The number of benzene rings is 1. The fraction of sp³-hybridized carbons (Fsp3) is 0.312. The predicted octanol–water partition coefficient (Wildman–Crippen LogP) is 1.11. The first kappa shape index (κ1) is 20.9. The van der Waals surface area contributed by atoms with Crippen molar-refractivity contribution < 1.29 is 13.2 Å². The average molecular weight is 412 g/mol. The van der Waals surface area contributed by atoms with Crippen molar-refractivity contribution in [3.8, 4) is 0 Å². The van der Waals surface area contributed by atoms with E-state index in [1.807, 2.05) is 0 Å². The lowest BCUT2D eigenvalue weighted by molar-refractivity contribution is -0.113. The minimum absolute atomic E-state index is 0.00584. The number of nitrogens with two attached hydrogens (primary N) is 1. The number of aromatic nitrogens is 2. The Morgan fingerprint density at radius 2 is 1.89 bits per heavy atom. The number of carbonyl (C=O) groups excluding carboxylic acids is 1. The van der Waals surface area contributed by atoms with Gasteiger partial charge in [-0.3, -0.25) is 9.59 Å². The molecule has 2 rings (SSSR count). The molecule has 0 atom stereocenters. The van der Waals surface area contributed by atoms with Crippen LogP contribution < -0.4 is 16.6 Å². The van der Waals surface area contributed by atoms with Crippen LogP contribution in [0.4, 0.5) is 11.5 Å². The van der Waals surface area contributed by atoms with Crippen LogP contribution >= 0.6 is 11.8 Å². The number of sulfonamides is 1. The number of thioether (sulfide) groups is 1. The molecule has 0 radical (unpaired) electrons. The van der Waals surface area contributed by atoms with Crippen LogP contribution in [0, 0.1) is 0 Å². The minimum atomic E-state index is -3.54. The van der Waals surface area contributed by atoms with E-state index in [9.17, 15) is 18.0 Å². The van der Waals surface area contributed by atoms with E-state index >= 15 is 0 Å². The van der Waals surface area contributed by atoms with Gasteiger partial charge < -0.3 is 16.0 Å². The molecular formula is C16H21N5O4S2. The molecule has 4 N–H and O–H groups in total. The molecular weight excluding hydrogens is 390 g/mol. The first-order valence-electron chi connectivity index (χ1n) is 8.16. The second-order valence-electron chi connectivity index (χ2n) is 5.43. The van der Waals surface area contributed by atoms with Crippen molar-refractivity contribution in [2.75, 3.05) is 29.9 Å². The van der Waals surface area contributed by atoms with Gasteiger partial charge in [0.15, 0.2) is 5.16 Å². The molecule has 0 fully saturated rings. The number of aromatic amines is 1. The molecule has 0 aliphatic heterocycles. The molecule has 9 nitrogen and oxygen atoms in total. The first-order valence-corrected chi connectivity index (χ1v) is 10.6. The number of rotatable bonds is 8. The van der Waals surface area contributed by atoms with Crippen molar-refractivity contribution in [1.82, 2.24) is 14.3 Å². The molecule has 0 saturated carbocycles. The maximum Gasteiger partial charge on any atom is 0.253 e. The fourth-order valence-electron chi connectivity index (χ4n) is 2.28. The quantitative estimate of drug-likeness (QED) is 0.437. The van der Waals surface area contributed by atoms with Crippen LogP contribution in [-0.4, -0.2) is 47.4 Å². The zero-order chi connectivity index (χ0) is 20.0. The van der Waals surface area contributed by atoms with E-state index in [4.69, 9.17) is 5.73 Å². The highest BCUT2D eigenvalue weighted by Crippen LogP contribution is 2.19. The van der Waals surface area contributed by atoms with Gasteiger partial charge in [0.1, 0.15) is 5.82 Å². The molecule has 1 amide bonds. The number of hydrogen-bond donors (Lipinski definition) is 3. The molecule has 1 aromatic carbocycles. The van der Waals surface area contributed by atoms with Crippen LogP contribution in [0.25, 0.3) is 0 Å². The van der Waals surface area contributed by atoms with Crippen LogP contribution in [0.15, 0.2) is 45.2 Å². The van der Waals surface area contributed by atoms with E-state index in [1.165, 1.54) is 28.6 Å². The number of carbonyl (C=O) groups is 1. The Morgan fingerprint density at radius 1 is 1.26 bits per heavy atom. The predicted molar refractivity (Wildman–Crippen MR) is 105 cm³/mol. The lowest BCUT2D eigenvalue weighted by atomic mass is 10.3. The van der Waals surface area contributed by atoms with Crippen molar-refractivity contribution in [3.63, 3.8) is 0 Å². The van der Waals surface area contributed by atoms with Gasteiger partial charge in [0, 0.05) is 24.8 Å². The Hall–Kier alpha value is -2.37. The molecule has 2 aromatic rings. The third-order valence-corrected chi connectivity index (χ3v) is 6.50. The Kier molecular flexibility index (Phi) is 6.99. The van der Waals surface area contributed by atoms with Gasteiger partial charge in [-0.25, -0.2) is 13.4 Å². The van der Waals surface area contributed by atoms with Crippen molar-refractivity contribution in [2.45, 2.75) is 23.9 Å². The average Bonchev–Trinajstić information content (AvgIpc) is 2.60. The minimum Gasteiger partial charge on any atom is -0.383 e. The maximum absolute atomic E-state index is 12.4. The summed E-state index contributed by atoms with van der Waals surface area (Å²) in [4.78, 5) is 29.9. The van der Waals surface area contributed by atoms with Gasteiger partial charge in [-0.1, -0.05) is 25.6 Å². The molecule has 146 valence electrons. The highest BCUT2D eigenvalue weighted by Gasteiger charge is 2.21. The molecule has 1 aromatic heterocycles. The Balaban J connectivity index is 1.99. The summed E-state index contributed by atoms with van der Waals surface area (Å²) >= 11 is 1.03. The molecule has 1 heterocycles. The van der Waals surface area contributed by atoms with Crippen LogP contribution in [-0.2, 0) is 14.8 Å². The highest BCUT2D eigenvalue weighted by molar-refractivity contribution is 7.99. The van der Waals surface area contributed by atoms with Crippen LogP contribution in [0.5, 0.6) is 0 Å². The second kappa shape index (κ2) is 9.02. The van der Waals surface area contributed by atoms with Crippen LogP contribution in [0.1, 0.15) is 13.8 Å². The number of nitrogens with one attached hydrogen (secondary N) is 2. The Labute approximate surface area is 161 Å². The standard InChI is InChI=1S/C16H21N5O4S2/c1-3-21(4-2)27(24,25)12-7-5-11(6-8-12)18-15(23)10-26-16-19-13(17)9-14(22)20-16/h5-9H,3-4,10H2,1-2H3,(H,18,23)(H3,17,19,20,22). The highest BCUT2D eigenvalue weighted by atomic mass is 32.2. The van der Waals surface area contributed by atoms with Crippen LogP contribution in [0.3, 0.4) is 0 Å². The number of hydrogen-bond acceptors (Lipinski definition) is 7. The Morgan fingerprint density at radius 3 is 2.44 bits per heavy atom. The van der Waals surface area contributed by atoms with E-state index in [1.54, 1.807) is 13.8 Å². The van der Waals surface area contributed by atoms with Gasteiger partial charge in [-0.2, -0.15) is 4.31 Å². The smallest absolute Gasteiger partial charge is 0.253 e. The lowest BCUT2D eigenvalue weighted by Gasteiger charge is -2.18. The summed E-state index contributed by atoms with van der Waals surface area (Å²) in [5.41, 5.74) is 5.56. The summed E-state index contributed by atoms with van der Waals surface area (Å²) in [5, 5.41) is 2.90. The van der Waals surface area contributed by atoms with Gasteiger partial charge in [-0.15, -0.1) is 0 Å². The SMILES string of the molecule is CCN(CC)S(=O)(=O)c1ccc(NC(=O)CSc2nc(N)cc(=O)[nH]2)cc1. The summed E-state index contributed by atoms with van der Waals surface area (Å²) in [6.45, 7) is 4.31. The van der Waals surface area contributed by atoms with Gasteiger partial charge >= 0.3 is 0 Å². The summed E-state index contributed by atoms with van der Waals surface area (Å²) in [6.07, 6.45) is 0. The van der Waals surface area contributed by atoms with Gasteiger partial charge in [0.25, 0.3) is 5.56 Å². The normalized spacial score (nSPS) is 11.5. The monoisotopic (exact) mass is 411 g/mol. The molecule has 27 heavy (non-hydrogen) atoms. The van der Waals surface area contributed by atoms with Gasteiger partial charge in [0.2, 0.25) is 15.9 Å². The van der Waals surface area contributed by atoms with Crippen LogP contribution in [0.2, 0.25) is 0 Å². The number of nitrogens with zero attached hydrogens (tertiary/aromatic N) is 2. The molecule has 0 saturated heterocycles. The summed E-state index contributed by atoms with van der Waals surface area (Å²) in [6, 6.07) is 7.11. The maximum atomic E-state index is 12.4. The number of amides is 1. The molecule has 0 bridgehead atoms. The first-order chi connectivity index (χ1) is 12.8. The number of nitrogen functional groups attached to an aromatic ring is 1. The summed E-state index contributed by atoms with van der Waals surface area (Å²) in [7, 11) is -3.54. The van der Waals surface area contributed by atoms with Gasteiger partial charge in [0.05, 0.1) is 10.6 Å².